The van der Waals surface area contributed by atoms with Gasteiger partial charge in [-0.2, -0.15) is 0 Å². The molecule has 0 aliphatic heterocycles. The molecule has 0 nitrogen and oxygen atoms in total. The van der Waals surface area contributed by atoms with Gasteiger partial charge in [0.25, 0.3) is 0 Å². The van der Waals surface area contributed by atoms with E-state index in [1.54, 1.807) is 0 Å². The minimum atomic E-state index is 0.951. The summed E-state index contributed by atoms with van der Waals surface area (Å²) in [5.74, 6) is 0. The summed E-state index contributed by atoms with van der Waals surface area (Å²) in [7, 11) is 0. The maximum absolute atomic E-state index is 2.25. The Bertz CT molecular complexity index is 956. The third kappa shape index (κ3) is 4.66. The molecule has 0 heteroatoms. The highest BCUT2D eigenvalue weighted by Crippen LogP contribution is 2.20. The van der Waals surface area contributed by atoms with Crippen molar-refractivity contribution < 1.29 is 0 Å². The molecule has 0 aliphatic rings. The van der Waals surface area contributed by atoms with Crippen molar-refractivity contribution in [1.29, 1.82) is 0 Å². The molecular weight excluding hydrogens is 336 g/mol. The molecule has 0 heterocycles. The van der Waals surface area contributed by atoms with Crippen molar-refractivity contribution in [3.63, 3.8) is 0 Å². The summed E-state index contributed by atoms with van der Waals surface area (Å²) in [6, 6.07) is 38.7. The lowest BCUT2D eigenvalue weighted by Gasteiger charge is -2.08. The smallest absolute Gasteiger partial charge is 0.00198 e. The second kappa shape index (κ2) is 9.01. The van der Waals surface area contributed by atoms with E-state index in [0.29, 0.717) is 0 Å². The van der Waals surface area contributed by atoms with Crippen molar-refractivity contribution in [2.45, 2.75) is 12.8 Å². The summed E-state index contributed by atoms with van der Waals surface area (Å²) in [4.78, 5) is 0. The van der Waals surface area contributed by atoms with Crippen LogP contribution in [0.3, 0.4) is 0 Å². The van der Waals surface area contributed by atoms with Gasteiger partial charge in [0.1, 0.15) is 0 Å². The van der Waals surface area contributed by atoms with E-state index >= 15 is 0 Å². The van der Waals surface area contributed by atoms with Gasteiger partial charge in [-0.15, -0.1) is 0 Å². The first-order valence-electron chi connectivity index (χ1n) is 9.80. The molecule has 0 bridgehead atoms. The van der Waals surface area contributed by atoms with Crippen molar-refractivity contribution >= 4 is 12.2 Å². The van der Waals surface area contributed by atoms with Gasteiger partial charge in [-0.05, 0) is 46.2 Å². The van der Waals surface area contributed by atoms with E-state index in [9.17, 15) is 0 Å². The summed E-state index contributed by atoms with van der Waals surface area (Å²) < 4.78 is 0. The van der Waals surface area contributed by atoms with Crippen LogP contribution in [0.5, 0.6) is 0 Å². The Morgan fingerprint density at radius 3 is 1.18 bits per heavy atom. The van der Waals surface area contributed by atoms with Gasteiger partial charge in [-0.1, -0.05) is 121 Å². The fraction of sp³-hybridized carbons (Fsp3) is 0.0714. The van der Waals surface area contributed by atoms with Crippen LogP contribution in [-0.2, 0) is 12.8 Å². The highest BCUT2D eigenvalue weighted by molar-refractivity contribution is 5.73. The molecule has 4 aromatic carbocycles. The van der Waals surface area contributed by atoms with Crippen LogP contribution in [-0.4, -0.2) is 0 Å². The lowest BCUT2D eigenvalue weighted by atomic mass is 9.97. The zero-order valence-electron chi connectivity index (χ0n) is 16.0. The Labute approximate surface area is 167 Å². The van der Waals surface area contributed by atoms with E-state index in [1.807, 2.05) is 0 Å². The topological polar surface area (TPSA) is 0 Å². The van der Waals surface area contributed by atoms with Crippen LogP contribution >= 0.6 is 0 Å². The van der Waals surface area contributed by atoms with Crippen LogP contribution in [0.25, 0.3) is 12.2 Å². The molecular formula is C28H24. The Morgan fingerprint density at radius 2 is 0.750 bits per heavy atom. The molecule has 0 saturated heterocycles. The van der Waals surface area contributed by atoms with E-state index in [-0.39, 0.29) is 0 Å². The predicted octanol–water partition coefficient (Wildman–Crippen LogP) is 7.04. The van der Waals surface area contributed by atoms with Gasteiger partial charge >= 0.3 is 0 Å². The zero-order chi connectivity index (χ0) is 19.0. The Morgan fingerprint density at radius 1 is 0.393 bits per heavy atom. The average molecular weight is 361 g/mol. The van der Waals surface area contributed by atoms with Crippen molar-refractivity contribution in [3.05, 3.63) is 143 Å². The van der Waals surface area contributed by atoms with Crippen molar-refractivity contribution in [2.75, 3.05) is 0 Å². The second-order valence-electron chi connectivity index (χ2n) is 7.06. The molecule has 0 unspecified atom stereocenters. The quantitative estimate of drug-likeness (QED) is 0.324. The van der Waals surface area contributed by atoms with Crippen LogP contribution < -0.4 is 0 Å². The number of benzene rings is 4. The van der Waals surface area contributed by atoms with Gasteiger partial charge in [0.2, 0.25) is 0 Å². The average Bonchev–Trinajstić information content (AvgIpc) is 2.76. The van der Waals surface area contributed by atoms with Gasteiger partial charge in [-0.3, -0.25) is 0 Å². The number of rotatable bonds is 6. The molecule has 0 spiro atoms. The monoisotopic (exact) mass is 360 g/mol. The fourth-order valence-electron chi connectivity index (χ4n) is 3.53. The summed E-state index contributed by atoms with van der Waals surface area (Å²) in [5.41, 5.74) is 7.94. The molecule has 0 radical (unpaired) electrons. The van der Waals surface area contributed by atoms with Crippen molar-refractivity contribution in [3.8, 4) is 0 Å². The third-order valence-corrected chi connectivity index (χ3v) is 5.03. The first-order valence-corrected chi connectivity index (χ1v) is 9.80. The maximum atomic E-state index is 2.25. The first-order chi connectivity index (χ1) is 13.9. The third-order valence-electron chi connectivity index (χ3n) is 5.03. The maximum Gasteiger partial charge on any atom is -0.00198 e. The number of hydrogen-bond donors (Lipinski definition) is 0. The van der Waals surface area contributed by atoms with Crippen molar-refractivity contribution in [1.82, 2.24) is 0 Å². The molecule has 28 heavy (non-hydrogen) atoms. The normalized spacial score (nSPS) is 11.0. The second-order valence-corrected chi connectivity index (χ2v) is 7.06. The van der Waals surface area contributed by atoms with Crippen LogP contribution in [0.15, 0.2) is 109 Å². The Kier molecular flexibility index (Phi) is 5.80. The molecule has 0 atom stereocenters. The zero-order valence-corrected chi connectivity index (χ0v) is 16.0. The van der Waals surface area contributed by atoms with E-state index < -0.39 is 0 Å². The van der Waals surface area contributed by atoms with Gasteiger partial charge in [0.05, 0.1) is 0 Å². The highest BCUT2D eigenvalue weighted by Gasteiger charge is 2.03. The first kappa shape index (κ1) is 18.0. The van der Waals surface area contributed by atoms with Gasteiger partial charge in [0, 0.05) is 0 Å². The minimum absolute atomic E-state index is 0.951. The van der Waals surface area contributed by atoms with Crippen LogP contribution in [0.2, 0.25) is 0 Å². The fourth-order valence-corrected chi connectivity index (χ4v) is 3.53. The van der Waals surface area contributed by atoms with E-state index in [4.69, 9.17) is 0 Å². The standard InChI is InChI=1S/C28H24/c1-3-11-23(12-4-1)21-27-17-9-7-15-25(27)19-20-26-16-8-10-18-28(26)22-24-13-5-2-6-14-24/h1-20H,21-22H2/b20-19+. The predicted molar refractivity (Wildman–Crippen MR) is 120 cm³/mol. The molecule has 0 aliphatic carbocycles. The van der Waals surface area contributed by atoms with Crippen LogP contribution in [0.1, 0.15) is 33.4 Å². The van der Waals surface area contributed by atoms with Gasteiger partial charge < -0.3 is 0 Å². The van der Waals surface area contributed by atoms with Gasteiger partial charge in [0.15, 0.2) is 0 Å². The summed E-state index contributed by atoms with van der Waals surface area (Å²) in [6.07, 6.45) is 6.41. The minimum Gasteiger partial charge on any atom is -0.0622 e. The lowest BCUT2D eigenvalue weighted by molar-refractivity contribution is 1.18. The van der Waals surface area contributed by atoms with E-state index in [2.05, 4.69) is 121 Å². The number of hydrogen-bond acceptors (Lipinski definition) is 0. The molecule has 0 amide bonds. The summed E-state index contributed by atoms with van der Waals surface area (Å²) in [5, 5.41) is 0. The molecule has 136 valence electrons. The van der Waals surface area contributed by atoms with Crippen LogP contribution in [0, 0.1) is 0 Å². The molecule has 0 N–H and O–H groups in total. The Hall–Kier alpha value is -3.38. The SMILES string of the molecule is C(=C\c1ccccc1Cc1ccccc1)/c1ccccc1Cc1ccccc1. The lowest BCUT2D eigenvalue weighted by Crippen LogP contribution is -1.92. The van der Waals surface area contributed by atoms with E-state index in [1.165, 1.54) is 33.4 Å². The molecule has 0 saturated carbocycles. The van der Waals surface area contributed by atoms with Crippen molar-refractivity contribution in [2.24, 2.45) is 0 Å². The van der Waals surface area contributed by atoms with E-state index in [0.717, 1.165) is 12.8 Å². The molecule has 4 rings (SSSR count). The summed E-state index contributed by atoms with van der Waals surface area (Å²) >= 11 is 0. The highest BCUT2D eigenvalue weighted by atomic mass is 14.1. The van der Waals surface area contributed by atoms with Crippen LogP contribution in [0.4, 0.5) is 0 Å². The largest absolute Gasteiger partial charge is 0.0622 e. The van der Waals surface area contributed by atoms with Gasteiger partial charge in [-0.25, -0.2) is 0 Å². The molecule has 4 aromatic rings. The molecule has 0 fully saturated rings. The summed E-state index contributed by atoms with van der Waals surface area (Å²) in [6.45, 7) is 0. The molecule has 0 aromatic heterocycles. The Balaban J connectivity index is 1.59.